The molecule has 17 heavy (non-hydrogen) atoms. The first-order valence-electron chi connectivity index (χ1n) is 7.17. The van der Waals surface area contributed by atoms with Crippen molar-refractivity contribution in [3.05, 3.63) is 0 Å². The van der Waals surface area contributed by atoms with E-state index < -0.39 is 0 Å². The van der Waals surface area contributed by atoms with E-state index in [1.807, 2.05) is 0 Å². The Morgan fingerprint density at radius 1 is 1.18 bits per heavy atom. The Morgan fingerprint density at radius 3 is 2.18 bits per heavy atom. The van der Waals surface area contributed by atoms with Crippen molar-refractivity contribution >= 4 is 5.91 Å². The smallest absolute Gasteiger partial charge is 0.221 e. The molecular formula is C14H32N2O. The quantitative estimate of drug-likeness (QED) is 0.806. The van der Waals surface area contributed by atoms with E-state index in [0.29, 0.717) is 6.42 Å². The molecule has 1 N–H and O–H groups in total. The Kier molecular flexibility index (Phi) is 11.5. The van der Waals surface area contributed by atoms with E-state index in [9.17, 15) is 4.79 Å². The predicted molar refractivity (Wildman–Crippen MR) is 76.3 cm³/mol. The highest BCUT2D eigenvalue weighted by atomic mass is 16.1. The van der Waals surface area contributed by atoms with E-state index in [-0.39, 0.29) is 7.33 Å². The number of piperidine rings is 1. The molecule has 1 fully saturated rings. The van der Waals surface area contributed by atoms with E-state index in [0.717, 1.165) is 6.54 Å². The SMILES string of the molecule is CCCCC.CNC(=O)CCN1CCCCC1.[HH]. The third kappa shape index (κ3) is 10.3. The number of hydrogen-bond donors (Lipinski definition) is 1. The van der Waals surface area contributed by atoms with Crippen molar-refractivity contribution in [3.63, 3.8) is 0 Å². The second-order valence-corrected chi connectivity index (χ2v) is 4.68. The van der Waals surface area contributed by atoms with Gasteiger partial charge in [0.05, 0.1) is 0 Å². The van der Waals surface area contributed by atoms with Gasteiger partial charge < -0.3 is 10.2 Å². The standard InChI is InChI=1S/C9H18N2O.C5H12.H2/c1-10-9(12)5-8-11-6-3-2-4-7-11;1-3-5-4-2;/h2-8H2,1H3,(H,10,12);3-5H2,1-2H3;1H. The number of likely N-dealkylation sites (tertiary alicyclic amines) is 1. The zero-order valence-electron chi connectivity index (χ0n) is 11.9. The lowest BCUT2D eigenvalue weighted by atomic mass is 10.1. The lowest BCUT2D eigenvalue weighted by Gasteiger charge is -2.25. The second kappa shape index (κ2) is 11.9. The molecule has 0 aliphatic carbocycles. The van der Waals surface area contributed by atoms with Crippen molar-refractivity contribution < 1.29 is 6.22 Å². The Hall–Kier alpha value is -0.570. The molecule has 104 valence electrons. The van der Waals surface area contributed by atoms with Crippen LogP contribution in [0.3, 0.4) is 0 Å². The van der Waals surface area contributed by atoms with Crippen LogP contribution in [0.1, 0.15) is 60.2 Å². The summed E-state index contributed by atoms with van der Waals surface area (Å²) in [6, 6.07) is 0. The summed E-state index contributed by atoms with van der Waals surface area (Å²) in [4.78, 5) is 13.3. The number of rotatable bonds is 5. The summed E-state index contributed by atoms with van der Waals surface area (Å²) in [6.45, 7) is 7.71. The molecule has 0 bridgehead atoms. The summed E-state index contributed by atoms with van der Waals surface area (Å²) in [7, 11) is 1.69. The van der Waals surface area contributed by atoms with Crippen LogP contribution < -0.4 is 5.32 Å². The van der Waals surface area contributed by atoms with E-state index >= 15 is 0 Å². The fraction of sp³-hybridized carbons (Fsp3) is 0.929. The summed E-state index contributed by atoms with van der Waals surface area (Å²) in [5.74, 6) is 0.153. The molecule has 0 aromatic heterocycles. The van der Waals surface area contributed by atoms with Crippen LogP contribution in [-0.4, -0.2) is 37.5 Å². The summed E-state index contributed by atoms with van der Waals surface area (Å²) >= 11 is 0. The minimum atomic E-state index is 0. The summed E-state index contributed by atoms with van der Waals surface area (Å²) in [6.07, 6.45) is 8.68. The highest BCUT2D eigenvalue weighted by Crippen LogP contribution is 2.08. The maximum atomic E-state index is 10.9. The lowest BCUT2D eigenvalue weighted by Crippen LogP contribution is -2.33. The van der Waals surface area contributed by atoms with Gasteiger partial charge in [0.1, 0.15) is 0 Å². The third-order valence-electron chi connectivity index (χ3n) is 3.09. The molecule has 0 aromatic rings. The molecule has 3 nitrogen and oxygen atoms in total. The number of amides is 1. The maximum absolute atomic E-state index is 10.9. The van der Waals surface area contributed by atoms with Gasteiger partial charge in [0, 0.05) is 21.4 Å². The first-order valence-corrected chi connectivity index (χ1v) is 7.17. The van der Waals surface area contributed by atoms with Crippen molar-refractivity contribution in [3.8, 4) is 0 Å². The molecule has 1 aliphatic rings. The van der Waals surface area contributed by atoms with Crippen LogP contribution in [0.25, 0.3) is 0 Å². The minimum Gasteiger partial charge on any atom is -0.359 e. The van der Waals surface area contributed by atoms with E-state index in [1.54, 1.807) is 7.05 Å². The molecule has 1 aliphatic heterocycles. The monoisotopic (exact) mass is 244 g/mol. The van der Waals surface area contributed by atoms with Crippen LogP contribution in [0.5, 0.6) is 0 Å². The van der Waals surface area contributed by atoms with Gasteiger partial charge in [-0.05, 0) is 25.9 Å². The largest absolute Gasteiger partial charge is 0.359 e. The van der Waals surface area contributed by atoms with Crippen LogP contribution in [0.4, 0.5) is 0 Å². The first-order chi connectivity index (χ1) is 8.24. The molecule has 1 amide bonds. The van der Waals surface area contributed by atoms with Crippen LogP contribution in [0.2, 0.25) is 0 Å². The van der Waals surface area contributed by atoms with E-state index in [1.165, 1.54) is 51.6 Å². The normalized spacial score (nSPS) is 15.9. The van der Waals surface area contributed by atoms with Crippen LogP contribution in [0, 0.1) is 0 Å². The summed E-state index contributed by atoms with van der Waals surface area (Å²) in [5, 5.41) is 2.64. The Morgan fingerprint density at radius 2 is 1.76 bits per heavy atom. The fourth-order valence-corrected chi connectivity index (χ4v) is 1.92. The molecule has 1 saturated heterocycles. The second-order valence-electron chi connectivity index (χ2n) is 4.68. The minimum absolute atomic E-state index is 0. The maximum Gasteiger partial charge on any atom is 0.221 e. The van der Waals surface area contributed by atoms with E-state index in [4.69, 9.17) is 0 Å². The summed E-state index contributed by atoms with van der Waals surface area (Å²) < 4.78 is 0. The van der Waals surface area contributed by atoms with Gasteiger partial charge in [-0.3, -0.25) is 4.79 Å². The van der Waals surface area contributed by atoms with Crippen LogP contribution in [-0.2, 0) is 4.79 Å². The van der Waals surface area contributed by atoms with Crippen molar-refractivity contribution in [1.29, 1.82) is 0 Å². The Balaban J connectivity index is 0. The van der Waals surface area contributed by atoms with Crippen LogP contribution in [0.15, 0.2) is 0 Å². The number of carbonyl (C=O) groups is 1. The van der Waals surface area contributed by atoms with Gasteiger partial charge in [-0.2, -0.15) is 0 Å². The molecule has 0 aromatic carbocycles. The fourth-order valence-electron chi connectivity index (χ4n) is 1.92. The first kappa shape index (κ1) is 16.4. The van der Waals surface area contributed by atoms with Crippen molar-refractivity contribution in [1.82, 2.24) is 10.2 Å². The molecule has 1 rings (SSSR count). The molecule has 3 heteroatoms. The van der Waals surface area contributed by atoms with E-state index in [2.05, 4.69) is 24.1 Å². The number of carbonyl (C=O) groups excluding carboxylic acids is 1. The van der Waals surface area contributed by atoms with Crippen molar-refractivity contribution in [2.24, 2.45) is 0 Å². The Bertz CT molecular complexity index is 181. The molecular weight excluding hydrogens is 212 g/mol. The van der Waals surface area contributed by atoms with Gasteiger partial charge in [-0.15, -0.1) is 0 Å². The molecule has 0 spiro atoms. The lowest BCUT2D eigenvalue weighted by molar-refractivity contribution is -0.120. The average molecular weight is 244 g/mol. The summed E-state index contributed by atoms with van der Waals surface area (Å²) in [5.41, 5.74) is 0. The topological polar surface area (TPSA) is 32.3 Å². The number of hydrogen-bond acceptors (Lipinski definition) is 2. The zero-order chi connectivity index (χ0) is 12.9. The highest BCUT2D eigenvalue weighted by Gasteiger charge is 2.10. The van der Waals surface area contributed by atoms with Gasteiger partial charge in [0.25, 0.3) is 0 Å². The van der Waals surface area contributed by atoms with Gasteiger partial charge >= 0.3 is 0 Å². The molecule has 0 saturated carbocycles. The molecule has 0 radical (unpaired) electrons. The van der Waals surface area contributed by atoms with Gasteiger partial charge in [0.2, 0.25) is 5.91 Å². The molecule has 0 unspecified atom stereocenters. The van der Waals surface area contributed by atoms with Crippen LogP contribution >= 0.6 is 0 Å². The predicted octanol–water partition coefficient (Wildman–Crippen LogP) is 3.05. The molecule has 0 atom stereocenters. The van der Waals surface area contributed by atoms with Gasteiger partial charge in [-0.1, -0.05) is 39.5 Å². The number of unbranched alkanes of at least 4 members (excludes halogenated alkanes) is 2. The average Bonchev–Trinajstić information content (AvgIpc) is 2.39. The molecule has 1 heterocycles. The third-order valence-corrected chi connectivity index (χ3v) is 3.09. The van der Waals surface area contributed by atoms with Gasteiger partial charge in [0.15, 0.2) is 0 Å². The number of nitrogens with one attached hydrogen (secondary N) is 1. The Labute approximate surface area is 108 Å². The van der Waals surface area contributed by atoms with Crippen molar-refractivity contribution in [2.45, 2.75) is 58.8 Å². The zero-order valence-corrected chi connectivity index (χ0v) is 11.9. The van der Waals surface area contributed by atoms with Gasteiger partial charge in [-0.25, -0.2) is 0 Å². The number of nitrogens with zero attached hydrogens (tertiary/aromatic N) is 1. The highest BCUT2D eigenvalue weighted by molar-refractivity contribution is 5.75. The van der Waals surface area contributed by atoms with Crippen molar-refractivity contribution in [2.75, 3.05) is 26.7 Å².